The van der Waals surface area contributed by atoms with Crippen LogP contribution in [0.4, 0.5) is 5.82 Å². The maximum atomic E-state index is 12.6. The molecule has 0 unspecified atom stereocenters. The molecule has 6 nitrogen and oxygen atoms in total. The molecule has 1 aromatic heterocycles. The summed E-state index contributed by atoms with van der Waals surface area (Å²) in [6, 6.07) is 19.5. The van der Waals surface area contributed by atoms with Crippen molar-refractivity contribution in [3.05, 3.63) is 82.5 Å². The SMILES string of the molecule is CN1CCN(c2ncc(C(=O)NCCc3ccc(Oc4ccccc4)cc3)cc2Br)CC1. The van der Waals surface area contributed by atoms with Gasteiger partial charge < -0.3 is 19.9 Å². The number of likely N-dealkylation sites (N-methyl/N-ethyl adjacent to an activating group) is 1. The third kappa shape index (κ3) is 5.87. The minimum atomic E-state index is -0.118. The molecule has 0 aliphatic carbocycles. The number of anilines is 1. The van der Waals surface area contributed by atoms with Gasteiger partial charge in [-0.1, -0.05) is 30.3 Å². The zero-order valence-corrected chi connectivity index (χ0v) is 19.7. The molecule has 1 aliphatic heterocycles. The standard InChI is InChI=1S/C25H27BrN4O2/c1-29-13-15-30(16-14-29)24-23(26)17-20(18-28-24)25(31)27-12-11-19-7-9-22(10-8-19)32-21-5-3-2-4-6-21/h2-10,17-18H,11-16H2,1H3,(H,27,31). The lowest BCUT2D eigenvalue weighted by atomic mass is 10.1. The van der Waals surface area contributed by atoms with Crippen LogP contribution in [0.2, 0.25) is 0 Å². The van der Waals surface area contributed by atoms with Gasteiger partial charge in [0.25, 0.3) is 5.91 Å². The predicted molar refractivity (Wildman–Crippen MR) is 131 cm³/mol. The van der Waals surface area contributed by atoms with Gasteiger partial charge in [-0.3, -0.25) is 4.79 Å². The first-order valence-corrected chi connectivity index (χ1v) is 11.6. The summed E-state index contributed by atoms with van der Waals surface area (Å²) >= 11 is 3.59. The van der Waals surface area contributed by atoms with E-state index < -0.39 is 0 Å². The third-order valence-electron chi connectivity index (χ3n) is 5.49. The van der Waals surface area contributed by atoms with Gasteiger partial charge in [-0.25, -0.2) is 4.98 Å². The number of nitrogens with one attached hydrogen (secondary N) is 1. The number of ether oxygens (including phenoxy) is 1. The Labute approximate surface area is 197 Å². The first-order valence-electron chi connectivity index (χ1n) is 10.8. The van der Waals surface area contributed by atoms with Gasteiger partial charge in [-0.05, 0) is 65.3 Å². The van der Waals surface area contributed by atoms with Crippen LogP contribution in [-0.2, 0) is 6.42 Å². The predicted octanol–water partition coefficient (Wildman–Crippen LogP) is 4.36. The zero-order chi connectivity index (χ0) is 22.3. The number of amides is 1. The molecule has 1 saturated heterocycles. The van der Waals surface area contributed by atoms with Crippen molar-refractivity contribution in [2.45, 2.75) is 6.42 Å². The van der Waals surface area contributed by atoms with Crippen molar-refractivity contribution in [3.8, 4) is 11.5 Å². The van der Waals surface area contributed by atoms with Crippen molar-refractivity contribution in [1.82, 2.24) is 15.2 Å². The lowest BCUT2D eigenvalue weighted by Gasteiger charge is -2.33. The number of carbonyl (C=O) groups is 1. The summed E-state index contributed by atoms with van der Waals surface area (Å²) in [5, 5.41) is 2.98. The second-order valence-electron chi connectivity index (χ2n) is 7.88. The summed E-state index contributed by atoms with van der Waals surface area (Å²) in [6.45, 7) is 4.44. The number of hydrogen-bond acceptors (Lipinski definition) is 5. The fourth-order valence-corrected chi connectivity index (χ4v) is 4.18. The summed E-state index contributed by atoms with van der Waals surface area (Å²) in [5.74, 6) is 2.38. The van der Waals surface area contributed by atoms with Gasteiger partial charge in [0.2, 0.25) is 0 Å². The number of halogens is 1. The number of nitrogens with zero attached hydrogens (tertiary/aromatic N) is 3. The second-order valence-corrected chi connectivity index (χ2v) is 8.74. The van der Waals surface area contributed by atoms with E-state index in [0.29, 0.717) is 12.1 Å². The quantitative estimate of drug-likeness (QED) is 0.528. The van der Waals surface area contributed by atoms with Gasteiger partial charge in [0.05, 0.1) is 10.0 Å². The first kappa shape index (κ1) is 22.3. The molecule has 1 amide bonds. The Balaban J connectivity index is 1.27. The topological polar surface area (TPSA) is 57.7 Å². The number of hydrogen-bond donors (Lipinski definition) is 1. The van der Waals surface area contributed by atoms with Crippen LogP contribution in [0, 0.1) is 0 Å². The van der Waals surface area contributed by atoms with Crippen LogP contribution in [0.5, 0.6) is 11.5 Å². The number of benzene rings is 2. The largest absolute Gasteiger partial charge is 0.457 e. The number of rotatable bonds is 7. The summed E-state index contributed by atoms with van der Waals surface area (Å²) in [6.07, 6.45) is 2.40. The molecule has 0 atom stereocenters. The molecule has 3 aromatic rings. The van der Waals surface area contributed by atoms with Crippen molar-refractivity contribution in [2.24, 2.45) is 0 Å². The van der Waals surface area contributed by atoms with E-state index in [0.717, 1.165) is 60.0 Å². The van der Waals surface area contributed by atoms with Crippen LogP contribution < -0.4 is 15.0 Å². The highest BCUT2D eigenvalue weighted by Crippen LogP contribution is 2.25. The number of para-hydroxylation sites is 1. The van der Waals surface area contributed by atoms with Gasteiger partial charge in [0, 0.05) is 38.9 Å². The summed E-state index contributed by atoms with van der Waals surface area (Å²) < 4.78 is 6.67. The Morgan fingerprint density at radius 3 is 2.41 bits per heavy atom. The lowest BCUT2D eigenvalue weighted by molar-refractivity contribution is 0.0953. The van der Waals surface area contributed by atoms with Crippen molar-refractivity contribution >= 4 is 27.7 Å². The van der Waals surface area contributed by atoms with Gasteiger partial charge in [0.15, 0.2) is 0 Å². The Kier molecular flexibility index (Phi) is 7.39. The normalized spacial score (nSPS) is 14.2. The zero-order valence-electron chi connectivity index (χ0n) is 18.1. The molecule has 0 spiro atoms. The summed E-state index contributed by atoms with van der Waals surface area (Å²) in [4.78, 5) is 21.7. The molecule has 0 radical (unpaired) electrons. The number of carbonyl (C=O) groups excluding carboxylic acids is 1. The van der Waals surface area contributed by atoms with Crippen LogP contribution in [0.25, 0.3) is 0 Å². The van der Waals surface area contributed by atoms with E-state index >= 15 is 0 Å². The van der Waals surface area contributed by atoms with Crippen molar-refractivity contribution in [1.29, 1.82) is 0 Å². The molecule has 1 aliphatic rings. The third-order valence-corrected chi connectivity index (χ3v) is 6.07. The van der Waals surface area contributed by atoms with E-state index in [-0.39, 0.29) is 5.91 Å². The van der Waals surface area contributed by atoms with Gasteiger partial charge in [0.1, 0.15) is 17.3 Å². The molecule has 4 rings (SSSR count). The lowest BCUT2D eigenvalue weighted by Crippen LogP contribution is -2.45. The van der Waals surface area contributed by atoms with Crippen LogP contribution in [-0.4, -0.2) is 55.6 Å². The Hall–Kier alpha value is -2.90. The van der Waals surface area contributed by atoms with E-state index in [1.54, 1.807) is 6.20 Å². The number of aromatic nitrogens is 1. The maximum Gasteiger partial charge on any atom is 0.252 e. The van der Waals surface area contributed by atoms with Gasteiger partial charge in [-0.15, -0.1) is 0 Å². The number of pyridine rings is 1. The second kappa shape index (κ2) is 10.6. The van der Waals surface area contributed by atoms with Crippen LogP contribution in [0.3, 0.4) is 0 Å². The molecule has 2 aromatic carbocycles. The molecular formula is C25H27BrN4O2. The van der Waals surface area contributed by atoms with Crippen molar-refractivity contribution < 1.29 is 9.53 Å². The molecule has 2 heterocycles. The molecule has 1 fully saturated rings. The Morgan fingerprint density at radius 2 is 1.72 bits per heavy atom. The fourth-order valence-electron chi connectivity index (χ4n) is 3.58. The van der Waals surface area contributed by atoms with Gasteiger partial charge >= 0.3 is 0 Å². The fraction of sp³-hybridized carbons (Fsp3) is 0.280. The molecule has 166 valence electrons. The average molecular weight is 495 g/mol. The molecule has 0 saturated carbocycles. The van der Waals surface area contributed by atoms with Gasteiger partial charge in [-0.2, -0.15) is 0 Å². The Morgan fingerprint density at radius 1 is 1.03 bits per heavy atom. The molecule has 1 N–H and O–H groups in total. The molecule has 0 bridgehead atoms. The monoisotopic (exact) mass is 494 g/mol. The van der Waals surface area contributed by atoms with E-state index in [9.17, 15) is 4.79 Å². The minimum Gasteiger partial charge on any atom is -0.457 e. The molecule has 7 heteroatoms. The summed E-state index contributed by atoms with van der Waals surface area (Å²) in [7, 11) is 2.13. The molecular weight excluding hydrogens is 468 g/mol. The number of piperazine rings is 1. The average Bonchev–Trinajstić information content (AvgIpc) is 2.81. The minimum absolute atomic E-state index is 0.118. The van der Waals surface area contributed by atoms with E-state index in [4.69, 9.17) is 4.74 Å². The van der Waals surface area contributed by atoms with E-state index in [2.05, 4.69) is 43.1 Å². The van der Waals surface area contributed by atoms with Crippen LogP contribution in [0.15, 0.2) is 71.3 Å². The maximum absolute atomic E-state index is 12.6. The highest BCUT2D eigenvalue weighted by molar-refractivity contribution is 9.10. The smallest absolute Gasteiger partial charge is 0.252 e. The molecule has 32 heavy (non-hydrogen) atoms. The summed E-state index contributed by atoms with van der Waals surface area (Å²) in [5.41, 5.74) is 1.69. The Bertz CT molecular complexity index is 1040. The van der Waals surface area contributed by atoms with Crippen molar-refractivity contribution in [3.63, 3.8) is 0 Å². The van der Waals surface area contributed by atoms with Crippen LogP contribution >= 0.6 is 15.9 Å². The van der Waals surface area contributed by atoms with E-state index in [1.165, 1.54) is 0 Å². The van der Waals surface area contributed by atoms with Crippen molar-refractivity contribution in [2.75, 3.05) is 44.7 Å². The highest BCUT2D eigenvalue weighted by atomic mass is 79.9. The van der Waals surface area contributed by atoms with Crippen LogP contribution in [0.1, 0.15) is 15.9 Å². The first-order chi connectivity index (χ1) is 15.6. The van der Waals surface area contributed by atoms with E-state index in [1.807, 2.05) is 60.7 Å². The highest BCUT2D eigenvalue weighted by Gasteiger charge is 2.18.